The van der Waals surface area contributed by atoms with Crippen molar-refractivity contribution in [2.45, 2.75) is 20.3 Å². The van der Waals surface area contributed by atoms with Gasteiger partial charge in [0.2, 0.25) is 0 Å². The van der Waals surface area contributed by atoms with Crippen LogP contribution in [0.15, 0.2) is 24.4 Å². The lowest BCUT2D eigenvalue weighted by Gasteiger charge is -2.18. The third kappa shape index (κ3) is 2.52. The molecule has 19 heavy (non-hydrogen) atoms. The summed E-state index contributed by atoms with van der Waals surface area (Å²) < 4.78 is 0. The van der Waals surface area contributed by atoms with Gasteiger partial charge in [0.05, 0.1) is 0 Å². The Labute approximate surface area is 112 Å². The molecule has 0 aliphatic rings. The van der Waals surface area contributed by atoms with Crippen LogP contribution in [0.1, 0.15) is 29.8 Å². The largest absolute Gasteiger partial charge is 0.361 e. The molecule has 0 saturated heterocycles. The molecule has 100 valence electrons. The highest BCUT2D eigenvalue weighted by Gasteiger charge is 2.13. The Morgan fingerprint density at radius 3 is 2.68 bits per heavy atom. The molecule has 0 fully saturated rings. The average Bonchev–Trinajstić information content (AvgIpc) is 2.83. The molecule has 1 aromatic carbocycles. The zero-order chi connectivity index (χ0) is 13.8. The van der Waals surface area contributed by atoms with Gasteiger partial charge in [0, 0.05) is 42.2 Å². The van der Waals surface area contributed by atoms with Crippen LogP contribution in [0, 0.1) is 0 Å². The van der Waals surface area contributed by atoms with Crippen LogP contribution in [0.4, 0.5) is 0 Å². The number of aromatic nitrogens is 1. The van der Waals surface area contributed by atoms with Crippen molar-refractivity contribution >= 4 is 23.1 Å². The summed E-state index contributed by atoms with van der Waals surface area (Å²) >= 11 is 0. The summed E-state index contributed by atoms with van der Waals surface area (Å²) in [5, 5.41) is 1.00. The number of carbonyl (C=O) groups is 2. The van der Waals surface area contributed by atoms with Crippen LogP contribution >= 0.6 is 0 Å². The Hall–Kier alpha value is -2.10. The molecular formula is C15H18N2O2. The highest BCUT2D eigenvalue weighted by Crippen LogP contribution is 2.20. The maximum Gasteiger partial charge on any atom is 0.253 e. The summed E-state index contributed by atoms with van der Waals surface area (Å²) in [6, 6.07) is 5.58. The molecule has 1 N–H and O–H groups in total. The van der Waals surface area contributed by atoms with Gasteiger partial charge >= 0.3 is 0 Å². The first-order valence-electron chi connectivity index (χ1n) is 6.54. The summed E-state index contributed by atoms with van der Waals surface area (Å²) in [4.78, 5) is 27.7. The van der Waals surface area contributed by atoms with E-state index in [-0.39, 0.29) is 5.91 Å². The molecular weight excluding hydrogens is 240 g/mol. The maximum absolute atomic E-state index is 12.2. The predicted molar refractivity (Wildman–Crippen MR) is 75.3 cm³/mol. The highest BCUT2D eigenvalue weighted by atomic mass is 16.2. The van der Waals surface area contributed by atoms with E-state index in [2.05, 4.69) is 4.98 Å². The van der Waals surface area contributed by atoms with Gasteiger partial charge in [0.25, 0.3) is 5.91 Å². The van der Waals surface area contributed by atoms with Crippen LogP contribution in [0.5, 0.6) is 0 Å². The molecule has 0 saturated carbocycles. The summed E-state index contributed by atoms with van der Waals surface area (Å²) in [6.45, 7) is 5.34. The van der Waals surface area contributed by atoms with E-state index in [9.17, 15) is 9.59 Å². The number of H-pyrrole nitrogens is 1. The van der Waals surface area contributed by atoms with Crippen LogP contribution < -0.4 is 0 Å². The van der Waals surface area contributed by atoms with Crippen LogP contribution in [0.2, 0.25) is 0 Å². The number of rotatable bonds is 5. The predicted octanol–water partition coefficient (Wildman–Crippen LogP) is 2.39. The molecule has 0 aliphatic heterocycles. The zero-order valence-corrected chi connectivity index (χ0v) is 11.3. The highest BCUT2D eigenvalue weighted by molar-refractivity contribution is 5.98. The van der Waals surface area contributed by atoms with Crippen molar-refractivity contribution in [1.29, 1.82) is 0 Å². The number of amides is 1. The monoisotopic (exact) mass is 258 g/mol. The Bertz CT molecular complexity index is 597. The van der Waals surface area contributed by atoms with Crippen molar-refractivity contribution in [2.75, 3.05) is 13.1 Å². The van der Waals surface area contributed by atoms with Gasteiger partial charge in [-0.05, 0) is 31.5 Å². The van der Waals surface area contributed by atoms with E-state index in [1.165, 1.54) is 0 Å². The lowest BCUT2D eigenvalue weighted by atomic mass is 10.1. The van der Waals surface area contributed by atoms with Crippen molar-refractivity contribution in [3.8, 4) is 0 Å². The van der Waals surface area contributed by atoms with Gasteiger partial charge < -0.3 is 14.7 Å². The van der Waals surface area contributed by atoms with Gasteiger partial charge in [0.15, 0.2) is 0 Å². The Kier molecular flexibility index (Phi) is 4.00. The normalized spacial score (nSPS) is 10.6. The van der Waals surface area contributed by atoms with Gasteiger partial charge in [-0.25, -0.2) is 0 Å². The Balaban J connectivity index is 2.37. The topological polar surface area (TPSA) is 53.2 Å². The molecule has 0 aliphatic carbocycles. The molecule has 0 bridgehead atoms. The number of aldehydes is 1. The summed E-state index contributed by atoms with van der Waals surface area (Å²) in [7, 11) is 0. The molecule has 1 aromatic heterocycles. The second kappa shape index (κ2) is 5.69. The number of hydrogen-bond acceptors (Lipinski definition) is 2. The molecule has 0 unspecified atom stereocenters. The molecule has 1 amide bonds. The van der Waals surface area contributed by atoms with Gasteiger partial charge in [-0.3, -0.25) is 4.79 Å². The van der Waals surface area contributed by atoms with Crippen molar-refractivity contribution in [3.05, 3.63) is 35.5 Å². The van der Waals surface area contributed by atoms with Gasteiger partial charge in [-0.15, -0.1) is 0 Å². The standard InChI is InChI=1S/C15H18N2O2/c1-3-17(4-2)15(19)11-5-6-13-12(7-8-18)10-16-14(13)9-11/h5-6,8-10,16H,3-4,7H2,1-2H3. The van der Waals surface area contributed by atoms with Crippen LogP contribution in [0.25, 0.3) is 10.9 Å². The van der Waals surface area contributed by atoms with Crippen LogP contribution in [-0.4, -0.2) is 35.2 Å². The van der Waals surface area contributed by atoms with Gasteiger partial charge in [-0.2, -0.15) is 0 Å². The minimum absolute atomic E-state index is 0.0402. The quantitative estimate of drug-likeness (QED) is 0.837. The number of fused-ring (bicyclic) bond motifs is 1. The van der Waals surface area contributed by atoms with E-state index in [0.717, 1.165) is 22.8 Å². The van der Waals surface area contributed by atoms with E-state index in [1.807, 2.05) is 38.2 Å². The molecule has 4 nitrogen and oxygen atoms in total. The maximum atomic E-state index is 12.2. The third-order valence-corrected chi connectivity index (χ3v) is 3.37. The van der Waals surface area contributed by atoms with E-state index < -0.39 is 0 Å². The average molecular weight is 258 g/mol. The molecule has 2 aromatic rings. The van der Waals surface area contributed by atoms with E-state index in [1.54, 1.807) is 4.90 Å². The smallest absolute Gasteiger partial charge is 0.253 e. The molecule has 0 spiro atoms. The summed E-state index contributed by atoms with van der Waals surface area (Å²) in [6.07, 6.45) is 3.10. The van der Waals surface area contributed by atoms with Crippen molar-refractivity contribution in [2.24, 2.45) is 0 Å². The fourth-order valence-electron chi connectivity index (χ4n) is 2.27. The van der Waals surface area contributed by atoms with Crippen LogP contribution in [0.3, 0.4) is 0 Å². The lowest BCUT2D eigenvalue weighted by molar-refractivity contribution is -0.107. The number of carbonyl (C=O) groups excluding carboxylic acids is 2. The van der Waals surface area contributed by atoms with Gasteiger partial charge in [-0.1, -0.05) is 6.07 Å². The van der Waals surface area contributed by atoms with E-state index >= 15 is 0 Å². The minimum atomic E-state index is 0.0402. The van der Waals surface area contributed by atoms with Gasteiger partial charge in [0.1, 0.15) is 6.29 Å². The van der Waals surface area contributed by atoms with Crippen molar-refractivity contribution < 1.29 is 9.59 Å². The number of aromatic amines is 1. The number of nitrogens with one attached hydrogen (secondary N) is 1. The van der Waals surface area contributed by atoms with Crippen molar-refractivity contribution in [1.82, 2.24) is 9.88 Å². The van der Waals surface area contributed by atoms with E-state index in [4.69, 9.17) is 0 Å². The van der Waals surface area contributed by atoms with Crippen LogP contribution in [-0.2, 0) is 11.2 Å². The molecule has 4 heteroatoms. The zero-order valence-electron chi connectivity index (χ0n) is 11.3. The minimum Gasteiger partial charge on any atom is -0.361 e. The first kappa shape index (κ1) is 13.3. The number of hydrogen-bond donors (Lipinski definition) is 1. The lowest BCUT2D eigenvalue weighted by Crippen LogP contribution is -2.30. The summed E-state index contributed by atoms with van der Waals surface area (Å²) in [5.74, 6) is 0.0402. The second-order valence-corrected chi connectivity index (χ2v) is 4.42. The Morgan fingerprint density at radius 1 is 1.32 bits per heavy atom. The third-order valence-electron chi connectivity index (χ3n) is 3.37. The molecule has 1 heterocycles. The summed E-state index contributed by atoms with van der Waals surface area (Å²) in [5.41, 5.74) is 2.54. The SMILES string of the molecule is CCN(CC)C(=O)c1ccc2c(CC=O)c[nH]c2c1. The fraction of sp³-hybridized carbons (Fsp3) is 0.333. The number of benzene rings is 1. The number of nitrogens with zero attached hydrogens (tertiary/aromatic N) is 1. The van der Waals surface area contributed by atoms with E-state index in [0.29, 0.717) is 25.1 Å². The molecule has 2 rings (SSSR count). The Morgan fingerprint density at radius 2 is 2.05 bits per heavy atom. The van der Waals surface area contributed by atoms with Crippen molar-refractivity contribution in [3.63, 3.8) is 0 Å². The second-order valence-electron chi connectivity index (χ2n) is 4.42. The molecule has 0 atom stereocenters. The first-order valence-corrected chi connectivity index (χ1v) is 6.54. The first-order chi connectivity index (χ1) is 9.21. The fourth-order valence-corrected chi connectivity index (χ4v) is 2.27. The molecule has 0 radical (unpaired) electrons.